The molecule has 0 atom stereocenters. The third-order valence-corrected chi connectivity index (χ3v) is 5.29. The van der Waals surface area contributed by atoms with Crippen LogP contribution >= 0.6 is 0 Å². The largest absolute Gasteiger partial charge is 0.299 e. The molecule has 0 unspecified atom stereocenters. The maximum Gasteiger partial charge on any atom is 0.140 e. The summed E-state index contributed by atoms with van der Waals surface area (Å²) in [6, 6.07) is 10.3. The fraction of sp³-hybridized carbons (Fsp3) is 0.421. The summed E-state index contributed by atoms with van der Waals surface area (Å²) >= 11 is 0. The van der Waals surface area contributed by atoms with E-state index in [1.165, 1.54) is 11.3 Å². The molecule has 1 aliphatic heterocycles. The standard InChI is InChI=1S/C19H24N6/c1-15-17(12-21-23(15)2)13-24-10-8-16(9-11-24)19-22-20-14-25(19)18-6-4-3-5-7-18/h3-7,12,14,16H,8-11,13H2,1-2H3. The van der Waals surface area contributed by atoms with Crippen LogP contribution in [-0.2, 0) is 13.6 Å². The van der Waals surface area contributed by atoms with Gasteiger partial charge in [0.15, 0.2) is 0 Å². The monoisotopic (exact) mass is 336 g/mol. The van der Waals surface area contributed by atoms with Crippen LogP contribution in [0.5, 0.6) is 0 Å². The van der Waals surface area contributed by atoms with Crippen molar-refractivity contribution in [1.82, 2.24) is 29.4 Å². The first-order valence-electron chi connectivity index (χ1n) is 8.87. The fourth-order valence-electron chi connectivity index (χ4n) is 3.60. The molecule has 6 heteroatoms. The van der Waals surface area contributed by atoms with Crippen LogP contribution in [0.2, 0.25) is 0 Å². The molecule has 1 fully saturated rings. The Morgan fingerprint density at radius 1 is 1.12 bits per heavy atom. The molecule has 0 spiro atoms. The first-order chi connectivity index (χ1) is 12.2. The van der Waals surface area contributed by atoms with Crippen LogP contribution < -0.4 is 0 Å². The van der Waals surface area contributed by atoms with Crippen molar-refractivity contribution in [2.45, 2.75) is 32.2 Å². The minimum Gasteiger partial charge on any atom is -0.299 e. The Balaban J connectivity index is 1.43. The van der Waals surface area contributed by atoms with E-state index in [4.69, 9.17) is 0 Å². The summed E-state index contributed by atoms with van der Waals surface area (Å²) in [5.41, 5.74) is 3.72. The van der Waals surface area contributed by atoms with E-state index in [1.807, 2.05) is 30.3 Å². The quantitative estimate of drug-likeness (QED) is 0.735. The van der Waals surface area contributed by atoms with Gasteiger partial charge in [0.1, 0.15) is 12.2 Å². The number of hydrogen-bond acceptors (Lipinski definition) is 4. The van der Waals surface area contributed by atoms with E-state index in [9.17, 15) is 0 Å². The zero-order valence-electron chi connectivity index (χ0n) is 14.8. The third-order valence-electron chi connectivity index (χ3n) is 5.29. The van der Waals surface area contributed by atoms with E-state index >= 15 is 0 Å². The molecule has 3 aromatic rings. The first-order valence-corrected chi connectivity index (χ1v) is 8.87. The number of hydrogen-bond donors (Lipinski definition) is 0. The highest BCUT2D eigenvalue weighted by molar-refractivity contribution is 5.32. The first kappa shape index (κ1) is 16.0. The summed E-state index contributed by atoms with van der Waals surface area (Å²) in [6.07, 6.45) is 6.05. The number of piperidine rings is 1. The van der Waals surface area contributed by atoms with Gasteiger partial charge in [0.05, 0.1) is 6.20 Å². The molecule has 0 bridgehead atoms. The molecule has 3 heterocycles. The Bertz CT molecular complexity index is 827. The van der Waals surface area contributed by atoms with Crippen molar-refractivity contribution in [2.75, 3.05) is 13.1 Å². The van der Waals surface area contributed by atoms with Crippen molar-refractivity contribution >= 4 is 0 Å². The van der Waals surface area contributed by atoms with Gasteiger partial charge >= 0.3 is 0 Å². The molecule has 0 N–H and O–H groups in total. The SMILES string of the molecule is Cc1c(CN2CCC(c3nncn3-c3ccccc3)CC2)cnn1C. The Morgan fingerprint density at radius 3 is 2.56 bits per heavy atom. The third kappa shape index (κ3) is 3.22. The second-order valence-electron chi connectivity index (χ2n) is 6.82. The molecule has 4 rings (SSSR count). The average molecular weight is 336 g/mol. The van der Waals surface area contributed by atoms with Gasteiger partial charge in [-0.15, -0.1) is 10.2 Å². The summed E-state index contributed by atoms with van der Waals surface area (Å²) in [7, 11) is 2.00. The van der Waals surface area contributed by atoms with Gasteiger partial charge in [-0.3, -0.25) is 14.1 Å². The number of para-hydroxylation sites is 1. The second-order valence-corrected chi connectivity index (χ2v) is 6.82. The molecule has 1 aromatic carbocycles. The fourth-order valence-corrected chi connectivity index (χ4v) is 3.60. The Kier molecular flexibility index (Phi) is 4.36. The number of aromatic nitrogens is 5. The highest BCUT2D eigenvalue weighted by atomic mass is 15.3. The smallest absolute Gasteiger partial charge is 0.140 e. The van der Waals surface area contributed by atoms with Gasteiger partial charge in [-0.25, -0.2) is 0 Å². The predicted octanol–water partition coefficient (Wildman–Crippen LogP) is 2.69. The van der Waals surface area contributed by atoms with Crippen LogP contribution in [0.15, 0.2) is 42.9 Å². The number of nitrogens with zero attached hydrogens (tertiary/aromatic N) is 6. The minimum absolute atomic E-state index is 0.467. The van der Waals surface area contributed by atoms with E-state index in [0.717, 1.165) is 44.0 Å². The number of likely N-dealkylation sites (tertiary alicyclic amines) is 1. The lowest BCUT2D eigenvalue weighted by atomic mass is 9.95. The van der Waals surface area contributed by atoms with E-state index in [0.29, 0.717) is 5.92 Å². The van der Waals surface area contributed by atoms with Crippen LogP contribution in [0, 0.1) is 6.92 Å². The Hall–Kier alpha value is -2.47. The zero-order valence-corrected chi connectivity index (χ0v) is 14.8. The van der Waals surface area contributed by atoms with Gasteiger partial charge in [-0.1, -0.05) is 18.2 Å². The predicted molar refractivity (Wildman–Crippen MR) is 96.6 cm³/mol. The maximum atomic E-state index is 4.42. The molecule has 6 nitrogen and oxygen atoms in total. The molecule has 2 aromatic heterocycles. The van der Waals surface area contributed by atoms with Crippen molar-refractivity contribution in [3.63, 3.8) is 0 Å². The topological polar surface area (TPSA) is 51.8 Å². The van der Waals surface area contributed by atoms with Gasteiger partial charge in [0.2, 0.25) is 0 Å². The van der Waals surface area contributed by atoms with Gasteiger partial charge in [0, 0.05) is 36.5 Å². The maximum absolute atomic E-state index is 4.42. The average Bonchev–Trinajstić information content (AvgIpc) is 3.26. The van der Waals surface area contributed by atoms with Gasteiger partial charge < -0.3 is 0 Å². The summed E-state index contributed by atoms with van der Waals surface area (Å²) in [6.45, 7) is 5.29. The Labute approximate surface area is 148 Å². The lowest BCUT2D eigenvalue weighted by Gasteiger charge is -2.31. The molecular weight excluding hydrogens is 312 g/mol. The van der Waals surface area contributed by atoms with Crippen molar-refractivity contribution in [3.8, 4) is 5.69 Å². The van der Waals surface area contributed by atoms with E-state index in [2.05, 4.69) is 56.0 Å². The highest BCUT2D eigenvalue weighted by Crippen LogP contribution is 2.29. The minimum atomic E-state index is 0.467. The van der Waals surface area contributed by atoms with E-state index in [-0.39, 0.29) is 0 Å². The van der Waals surface area contributed by atoms with Gasteiger partial charge in [-0.05, 0) is 45.0 Å². The number of rotatable bonds is 4. The van der Waals surface area contributed by atoms with Crippen LogP contribution in [0.1, 0.15) is 35.8 Å². The molecular formula is C19H24N6. The van der Waals surface area contributed by atoms with Crippen LogP contribution in [0.3, 0.4) is 0 Å². The summed E-state index contributed by atoms with van der Waals surface area (Å²) in [5, 5.41) is 12.9. The number of benzene rings is 1. The second kappa shape index (κ2) is 6.80. The molecule has 0 saturated carbocycles. The molecule has 0 amide bonds. The molecule has 1 saturated heterocycles. The van der Waals surface area contributed by atoms with Gasteiger partial charge in [0.25, 0.3) is 0 Å². The summed E-state index contributed by atoms with van der Waals surface area (Å²) < 4.78 is 4.08. The zero-order chi connectivity index (χ0) is 17.2. The number of aryl methyl sites for hydroxylation is 1. The molecule has 0 aliphatic carbocycles. The Morgan fingerprint density at radius 2 is 1.88 bits per heavy atom. The lowest BCUT2D eigenvalue weighted by molar-refractivity contribution is 0.200. The molecule has 25 heavy (non-hydrogen) atoms. The van der Waals surface area contributed by atoms with Crippen molar-refractivity contribution in [2.24, 2.45) is 7.05 Å². The van der Waals surface area contributed by atoms with Crippen LogP contribution in [0.4, 0.5) is 0 Å². The molecule has 130 valence electrons. The summed E-state index contributed by atoms with van der Waals surface area (Å²) in [5.74, 6) is 1.55. The molecule has 0 radical (unpaired) electrons. The van der Waals surface area contributed by atoms with E-state index in [1.54, 1.807) is 0 Å². The molecule has 1 aliphatic rings. The van der Waals surface area contributed by atoms with Crippen molar-refractivity contribution in [1.29, 1.82) is 0 Å². The van der Waals surface area contributed by atoms with Crippen molar-refractivity contribution in [3.05, 3.63) is 59.9 Å². The van der Waals surface area contributed by atoms with Crippen molar-refractivity contribution < 1.29 is 0 Å². The van der Waals surface area contributed by atoms with Gasteiger partial charge in [-0.2, -0.15) is 5.10 Å². The highest BCUT2D eigenvalue weighted by Gasteiger charge is 2.25. The summed E-state index contributed by atoms with van der Waals surface area (Å²) in [4.78, 5) is 2.52. The normalized spacial score (nSPS) is 16.4. The van der Waals surface area contributed by atoms with E-state index < -0.39 is 0 Å². The van der Waals surface area contributed by atoms with Crippen LogP contribution in [0.25, 0.3) is 5.69 Å². The lowest BCUT2D eigenvalue weighted by Crippen LogP contribution is -2.33. The van der Waals surface area contributed by atoms with Crippen LogP contribution in [-0.4, -0.2) is 42.5 Å².